The van der Waals surface area contributed by atoms with E-state index < -0.39 is 0 Å². The number of nitrogen functional groups attached to an aromatic ring is 1. The average molecular weight is 682 g/mol. The number of para-hydroxylation sites is 3. The Morgan fingerprint density at radius 2 is 1.04 bits per heavy atom. The fourth-order valence-corrected chi connectivity index (χ4v) is 5.00. The summed E-state index contributed by atoms with van der Waals surface area (Å²) < 4.78 is 0. The number of aromatic nitrogens is 6. The van der Waals surface area contributed by atoms with Gasteiger partial charge in [-0.15, -0.1) is 0 Å². The highest BCUT2D eigenvalue weighted by molar-refractivity contribution is 5.74. The average Bonchev–Trinajstić information content (AvgIpc) is 3.16. The van der Waals surface area contributed by atoms with Crippen LogP contribution in [0.2, 0.25) is 0 Å². The largest absolute Gasteiger partial charge is 0.397 e. The summed E-state index contributed by atoms with van der Waals surface area (Å²) in [6.45, 7) is 0.698. The minimum absolute atomic E-state index is 0.0206. The van der Waals surface area contributed by atoms with Crippen LogP contribution < -0.4 is 26.2 Å². The first-order chi connectivity index (χ1) is 24.9. The summed E-state index contributed by atoms with van der Waals surface area (Å²) in [6, 6.07) is 33.0. The minimum atomic E-state index is -0.0374. The van der Waals surface area contributed by atoms with Gasteiger partial charge in [0.15, 0.2) is 11.6 Å². The van der Waals surface area contributed by atoms with Gasteiger partial charge in [0.1, 0.15) is 0 Å². The van der Waals surface area contributed by atoms with Gasteiger partial charge in [0, 0.05) is 44.0 Å². The fraction of sp³-hybridized carbons (Fsp3) is 0.158. The van der Waals surface area contributed by atoms with Crippen molar-refractivity contribution in [1.82, 2.24) is 29.9 Å². The lowest BCUT2D eigenvalue weighted by atomic mass is 10.1. The van der Waals surface area contributed by atoms with Crippen molar-refractivity contribution in [3.8, 4) is 22.8 Å². The van der Waals surface area contributed by atoms with Crippen molar-refractivity contribution in [3.63, 3.8) is 0 Å². The van der Waals surface area contributed by atoms with Gasteiger partial charge in [0.2, 0.25) is 23.8 Å². The molecule has 6 aromatic rings. The molecule has 0 aliphatic rings. The van der Waals surface area contributed by atoms with Crippen molar-refractivity contribution < 1.29 is 10.2 Å². The van der Waals surface area contributed by atoms with E-state index in [0.29, 0.717) is 59.9 Å². The van der Waals surface area contributed by atoms with E-state index in [1.54, 1.807) is 15.9 Å². The second-order valence-electron chi connectivity index (χ2n) is 11.6. The third-order valence-electron chi connectivity index (χ3n) is 7.84. The predicted octanol–water partition coefficient (Wildman–Crippen LogP) is 5.49. The molecule has 0 bridgehead atoms. The Labute approximate surface area is 296 Å². The molecule has 13 heteroatoms. The second kappa shape index (κ2) is 16.3. The maximum atomic E-state index is 9.48. The number of benzene rings is 4. The quantitative estimate of drug-likeness (QED) is 0.0722. The number of nitrogens with zero attached hydrogens (tertiary/aromatic N) is 8. The summed E-state index contributed by atoms with van der Waals surface area (Å²) in [5.74, 6) is 2.64. The Hall–Kier alpha value is -6.44. The number of hydrogen-bond donors (Lipinski definition) is 5. The molecule has 0 unspecified atom stereocenters. The van der Waals surface area contributed by atoms with Crippen LogP contribution in [-0.2, 0) is 0 Å². The van der Waals surface area contributed by atoms with Crippen molar-refractivity contribution in [3.05, 3.63) is 114 Å². The molecule has 0 amide bonds. The zero-order chi connectivity index (χ0) is 35.6. The molecule has 258 valence electrons. The van der Waals surface area contributed by atoms with Crippen molar-refractivity contribution in [1.29, 1.82) is 0 Å². The molecule has 13 nitrogen and oxygen atoms in total. The summed E-state index contributed by atoms with van der Waals surface area (Å²) in [5.41, 5.74) is 11.9. The van der Waals surface area contributed by atoms with Gasteiger partial charge in [0.25, 0.3) is 0 Å². The molecule has 0 radical (unpaired) electrons. The van der Waals surface area contributed by atoms with E-state index in [1.165, 1.54) is 0 Å². The summed E-state index contributed by atoms with van der Waals surface area (Å²) in [6.07, 6.45) is 4.07. The molecule has 6 N–H and O–H groups in total. The van der Waals surface area contributed by atoms with Crippen molar-refractivity contribution in [2.24, 2.45) is 0 Å². The van der Waals surface area contributed by atoms with Gasteiger partial charge >= 0.3 is 0 Å². The Bertz CT molecular complexity index is 2080. The highest BCUT2D eigenvalue weighted by Crippen LogP contribution is 2.26. The highest BCUT2D eigenvalue weighted by atomic mass is 16.3. The number of hydrogen-bond acceptors (Lipinski definition) is 13. The van der Waals surface area contributed by atoms with Gasteiger partial charge in [-0.2, -0.15) is 29.9 Å². The summed E-state index contributed by atoms with van der Waals surface area (Å²) in [4.78, 5) is 31.3. The normalized spacial score (nSPS) is 11.1. The Morgan fingerprint density at radius 1 is 0.569 bits per heavy atom. The lowest BCUT2D eigenvalue weighted by Crippen LogP contribution is -2.24. The van der Waals surface area contributed by atoms with Crippen LogP contribution >= 0.6 is 0 Å². The van der Waals surface area contributed by atoms with Crippen LogP contribution in [-0.4, -0.2) is 80.5 Å². The van der Waals surface area contributed by atoms with E-state index in [4.69, 9.17) is 5.73 Å². The predicted molar refractivity (Wildman–Crippen MR) is 204 cm³/mol. The van der Waals surface area contributed by atoms with Crippen LogP contribution in [0.25, 0.3) is 34.9 Å². The van der Waals surface area contributed by atoms with Crippen LogP contribution in [0.4, 0.5) is 40.9 Å². The molecule has 2 aromatic heterocycles. The van der Waals surface area contributed by atoms with E-state index in [2.05, 4.69) is 40.5 Å². The van der Waals surface area contributed by atoms with E-state index in [0.717, 1.165) is 27.9 Å². The Morgan fingerprint density at radius 3 is 1.53 bits per heavy atom. The van der Waals surface area contributed by atoms with Gasteiger partial charge in [0.05, 0.1) is 24.6 Å². The number of aliphatic hydroxyl groups is 2. The van der Waals surface area contributed by atoms with Gasteiger partial charge in [-0.1, -0.05) is 91.0 Å². The SMILES string of the molecule is CN(CCO)c1nc(Nc2ccccc2)nc(-c2ccc(C=Cc3ccc(-c4nc(Nc5ccccc5N)nc(N(C)CCO)n4)cc3)cc2)n1. The zero-order valence-corrected chi connectivity index (χ0v) is 28.3. The molecule has 0 saturated heterocycles. The molecule has 4 aromatic carbocycles. The van der Waals surface area contributed by atoms with Crippen molar-refractivity contribution in [2.45, 2.75) is 0 Å². The molecule has 0 atom stereocenters. The first-order valence-electron chi connectivity index (χ1n) is 16.4. The van der Waals surface area contributed by atoms with Crippen LogP contribution in [0.15, 0.2) is 103 Å². The first-order valence-corrected chi connectivity index (χ1v) is 16.4. The van der Waals surface area contributed by atoms with Gasteiger partial charge in [-0.3, -0.25) is 0 Å². The van der Waals surface area contributed by atoms with Gasteiger partial charge in [-0.05, 0) is 35.4 Å². The number of nitrogens with two attached hydrogens (primary N) is 1. The number of rotatable bonds is 14. The number of nitrogens with one attached hydrogen (secondary N) is 2. The lowest BCUT2D eigenvalue weighted by molar-refractivity contribution is 0.303. The molecule has 0 saturated carbocycles. The van der Waals surface area contributed by atoms with Crippen LogP contribution in [0, 0.1) is 0 Å². The lowest BCUT2D eigenvalue weighted by Gasteiger charge is -2.17. The third kappa shape index (κ3) is 8.97. The smallest absolute Gasteiger partial charge is 0.232 e. The van der Waals surface area contributed by atoms with E-state index >= 15 is 0 Å². The summed E-state index contributed by atoms with van der Waals surface area (Å²) in [5, 5.41) is 25.4. The summed E-state index contributed by atoms with van der Waals surface area (Å²) in [7, 11) is 3.65. The molecule has 0 aliphatic heterocycles. The van der Waals surface area contributed by atoms with E-state index in [9.17, 15) is 10.2 Å². The zero-order valence-electron chi connectivity index (χ0n) is 28.3. The second-order valence-corrected chi connectivity index (χ2v) is 11.6. The fourth-order valence-electron chi connectivity index (χ4n) is 5.00. The van der Waals surface area contributed by atoms with Crippen LogP contribution in [0.1, 0.15) is 11.1 Å². The molecular formula is C38H39N11O2. The van der Waals surface area contributed by atoms with Gasteiger partial charge in [-0.25, -0.2) is 0 Å². The molecular weight excluding hydrogens is 642 g/mol. The summed E-state index contributed by atoms with van der Waals surface area (Å²) >= 11 is 0. The molecule has 2 heterocycles. The number of anilines is 7. The Balaban J connectivity index is 1.19. The van der Waals surface area contributed by atoms with Gasteiger partial charge < -0.3 is 36.4 Å². The third-order valence-corrected chi connectivity index (χ3v) is 7.84. The topological polar surface area (TPSA) is 174 Å². The minimum Gasteiger partial charge on any atom is -0.397 e. The molecule has 0 aliphatic carbocycles. The maximum Gasteiger partial charge on any atom is 0.232 e. The van der Waals surface area contributed by atoms with Crippen LogP contribution in [0.3, 0.4) is 0 Å². The molecule has 0 spiro atoms. The van der Waals surface area contributed by atoms with E-state index in [1.807, 2.05) is 123 Å². The standard InChI is InChI=1S/C38H39N11O2/c1-48(22-24-50)37-44-33(42-35(46-37)40-30-8-4-3-5-9-30)28-18-14-26(15-19-28)12-13-27-16-20-29(21-17-27)34-43-36(41-32-11-7-6-10-31(32)39)47-38(45-34)49(2)23-25-51/h3-21,50-51H,22-25,39H2,1-2H3,(H,40,42,44,46)(H,41,43,45,47). The Kier molecular flexibility index (Phi) is 11.0. The highest BCUT2D eigenvalue weighted by Gasteiger charge is 2.14. The van der Waals surface area contributed by atoms with Crippen molar-refractivity contribution in [2.75, 3.05) is 66.6 Å². The van der Waals surface area contributed by atoms with E-state index in [-0.39, 0.29) is 13.2 Å². The monoisotopic (exact) mass is 681 g/mol. The van der Waals surface area contributed by atoms with Crippen molar-refractivity contribution >= 4 is 53.0 Å². The number of likely N-dealkylation sites (N-methyl/N-ethyl adjacent to an activating group) is 2. The molecule has 51 heavy (non-hydrogen) atoms. The molecule has 6 rings (SSSR count). The molecule has 0 fully saturated rings. The first kappa shape index (κ1) is 34.4. The van der Waals surface area contributed by atoms with Crippen LogP contribution in [0.5, 0.6) is 0 Å². The number of aliphatic hydroxyl groups excluding tert-OH is 2. The maximum absolute atomic E-state index is 9.48.